The Balaban J connectivity index is 1.41. The van der Waals surface area contributed by atoms with E-state index in [0.717, 1.165) is 22.0 Å². The number of anilines is 1. The van der Waals surface area contributed by atoms with Crippen LogP contribution in [0.2, 0.25) is 5.02 Å². The van der Waals surface area contributed by atoms with Crippen LogP contribution in [-0.2, 0) is 6.42 Å². The van der Waals surface area contributed by atoms with Gasteiger partial charge >= 0.3 is 0 Å². The summed E-state index contributed by atoms with van der Waals surface area (Å²) in [6.07, 6.45) is 6.24. The number of halogens is 2. The normalized spacial score (nSPS) is 21.2. The van der Waals surface area contributed by atoms with E-state index in [0.29, 0.717) is 23.7 Å². The van der Waals surface area contributed by atoms with E-state index < -0.39 is 18.0 Å². The van der Waals surface area contributed by atoms with Gasteiger partial charge in [-0.1, -0.05) is 17.7 Å². The van der Waals surface area contributed by atoms with Crippen LogP contribution in [-0.4, -0.2) is 37.0 Å². The summed E-state index contributed by atoms with van der Waals surface area (Å²) in [7, 11) is 0. The van der Waals surface area contributed by atoms with Gasteiger partial charge in [-0.3, -0.25) is 4.98 Å². The number of hydrogen-bond acceptors (Lipinski definition) is 5. The molecule has 0 saturated carbocycles. The number of nitrogens with two attached hydrogens (primary N) is 1. The highest BCUT2D eigenvalue weighted by Crippen LogP contribution is 2.35. The molecule has 6 nitrogen and oxygen atoms in total. The van der Waals surface area contributed by atoms with Crippen LogP contribution >= 0.6 is 11.6 Å². The molecule has 0 amide bonds. The van der Waals surface area contributed by atoms with E-state index in [1.807, 2.05) is 29.0 Å². The molecule has 1 aliphatic carbocycles. The fourth-order valence-electron chi connectivity index (χ4n) is 4.27. The zero-order valence-electron chi connectivity index (χ0n) is 16.4. The molecule has 0 radical (unpaired) electrons. The van der Waals surface area contributed by atoms with Crippen molar-refractivity contribution in [2.24, 2.45) is 0 Å². The molecule has 1 aliphatic rings. The molecule has 3 aromatic heterocycles. The Morgan fingerprint density at radius 2 is 2.00 bits per heavy atom. The van der Waals surface area contributed by atoms with Crippen molar-refractivity contribution in [1.29, 1.82) is 0 Å². The molecule has 0 bridgehead atoms. The number of nitrogen functional groups attached to an aromatic ring is 1. The average molecular weight is 439 g/mol. The second-order valence-corrected chi connectivity index (χ2v) is 8.23. The Kier molecular flexibility index (Phi) is 4.89. The van der Waals surface area contributed by atoms with Crippen LogP contribution < -0.4 is 5.73 Å². The minimum atomic E-state index is -0.984. The van der Waals surface area contributed by atoms with E-state index in [9.17, 15) is 14.6 Å². The van der Waals surface area contributed by atoms with Gasteiger partial charge in [0, 0.05) is 29.4 Å². The summed E-state index contributed by atoms with van der Waals surface area (Å²) in [5.74, 6) is -0.270. The summed E-state index contributed by atoms with van der Waals surface area (Å²) in [5, 5.41) is 22.8. The summed E-state index contributed by atoms with van der Waals surface area (Å²) >= 11 is 5.95. The number of aliphatic hydroxyl groups is 2. The quantitative estimate of drug-likeness (QED) is 0.421. The second kappa shape index (κ2) is 7.60. The molecule has 8 heteroatoms. The lowest BCUT2D eigenvalue weighted by Crippen LogP contribution is -2.29. The van der Waals surface area contributed by atoms with Crippen LogP contribution in [0, 0.1) is 5.82 Å². The molecular weight excluding hydrogens is 419 g/mol. The highest BCUT2D eigenvalue weighted by molar-refractivity contribution is 6.33. The first-order valence-corrected chi connectivity index (χ1v) is 10.3. The van der Waals surface area contributed by atoms with Crippen molar-refractivity contribution in [1.82, 2.24) is 14.5 Å². The molecular formula is C23H20ClFN4O2. The second-order valence-electron chi connectivity index (χ2n) is 7.82. The van der Waals surface area contributed by atoms with Gasteiger partial charge in [0.15, 0.2) is 0 Å². The van der Waals surface area contributed by atoms with Crippen LogP contribution in [0.3, 0.4) is 0 Å². The van der Waals surface area contributed by atoms with Crippen LogP contribution in [0.25, 0.3) is 21.8 Å². The number of fused-ring (bicyclic) bond motifs is 2. The maximum absolute atomic E-state index is 14.5. The van der Waals surface area contributed by atoms with Crippen LogP contribution in [0.15, 0.2) is 60.6 Å². The summed E-state index contributed by atoms with van der Waals surface area (Å²) in [5.41, 5.74) is 8.56. The van der Waals surface area contributed by atoms with Crippen molar-refractivity contribution in [3.05, 3.63) is 77.0 Å². The highest BCUT2D eigenvalue weighted by Gasteiger charge is 2.35. The Bertz CT molecular complexity index is 1340. The Morgan fingerprint density at radius 1 is 1.16 bits per heavy atom. The predicted octanol–water partition coefficient (Wildman–Crippen LogP) is 3.79. The first-order chi connectivity index (χ1) is 14.9. The van der Waals surface area contributed by atoms with Crippen molar-refractivity contribution >= 4 is 39.2 Å². The van der Waals surface area contributed by atoms with E-state index in [1.165, 1.54) is 12.1 Å². The smallest absolute Gasteiger partial charge is 0.142 e. The van der Waals surface area contributed by atoms with Crippen molar-refractivity contribution in [3.63, 3.8) is 0 Å². The molecule has 3 unspecified atom stereocenters. The van der Waals surface area contributed by atoms with Crippen molar-refractivity contribution < 1.29 is 14.6 Å². The van der Waals surface area contributed by atoms with Gasteiger partial charge in [-0.2, -0.15) is 0 Å². The van der Waals surface area contributed by atoms with Gasteiger partial charge in [0.2, 0.25) is 0 Å². The summed E-state index contributed by atoms with van der Waals surface area (Å²) < 4.78 is 16.5. The monoisotopic (exact) mass is 438 g/mol. The average Bonchev–Trinajstić information content (AvgIpc) is 3.29. The lowest BCUT2D eigenvalue weighted by atomic mass is 10.0. The van der Waals surface area contributed by atoms with Gasteiger partial charge in [0.25, 0.3) is 0 Å². The first kappa shape index (κ1) is 19.9. The topological polar surface area (TPSA) is 97.2 Å². The number of rotatable bonds is 4. The molecule has 0 spiro atoms. The summed E-state index contributed by atoms with van der Waals surface area (Å²) in [4.78, 5) is 8.28. The van der Waals surface area contributed by atoms with Gasteiger partial charge < -0.3 is 20.5 Å². The molecule has 0 fully saturated rings. The number of nitrogens with zero attached hydrogens (tertiary/aromatic N) is 3. The van der Waals surface area contributed by atoms with E-state index in [4.69, 9.17) is 17.3 Å². The van der Waals surface area contributed by atoms with Crippen LogP contribution in [0.4, 0.5) is 10.2 Å². The highest BCUT2D eigenvalue weighted by atomic mass is 35.5. The Morgan fingerprint density at radius 3 is 2.84 bits per heavy atom. The van der Waals surface area contributed by atoms with Crippen molar-refractivity contribution in [2.45, 2.75) is 31.1 Å². The lowest BCUT2D eigenvalue weighted by Gasteiger charge is -2.20. The summed E-state index contributed by atoms with van der Waals surface area (Å²) in [6.45, 7) is 0. The fourth-order valence-corrected chi connectivity index (χ4v) is 4.42. The minimum absolute atomic E-state index is 0.153. The largest absolute Gasteiger partial charge is 0.388 e. The van der Waals surface area contributed by atoms with Crippen molar-refractivity contribution in [3.8, 4) is 0 Å². The number of benzene rings is 1. The van der Waals surface area contributed by atoms with E-state index >= 15 is 0 Å². The van der Waals surface area contributed by atoms with E-state index in [2.05, 4.69) is 9.97 Å². The van der Waals surface area contributed by atoms with Gasteiger partial charge in [0.1, 0.15) is 23.8 Å². The van der Waals surface area contributed by atoms with Crippen LogP contribution in [0.1, 0.15) is 18.0 Å². The Hall–Kier alpha value is -3.00. The summed E-state index contributed by atoms with van der Waals surface area (Å²) in [6, 6.07) is 8.10. The standard InChI is InChI=1S/C23H20ClFN4O2/c24-16-10-15-17(25)7-12(8-18(15)28-23(16)26)1-2-13-9-20(22(31)21(13)30)29-6-4-14-11-27-5-3-19(14)29/h3-11,20-22,30-31H,1-2H2,(H2,26,28). The third kappa shape index (κ3) is 3.44. The van der Waals surface area contributed by atoms with Gasteiger partial charge in [-0.25, -0.2) is 9.37 Å². The number of aryl methyl sites for hydroxylation is 1. The molecule has 3 heterocycles. The SMILES string of the molecule is Nc1nc2cc(CCC3=CC(n4ccc5cnccc54)C(O)C3O)cc(F)c2cc1Cl. The van der Waals surface area contributed by atoms with Gasteiger partial charge in [0.05, 0.1) is 22.1 Å². The molecule has 4 aromatic rings. The zero-order valence-corrected chi connectivity index (χ0v) is 17.2. The predicted molar refractivity (Wildman–Crippen MR) is 118 cm³/mol. The zero-order chi connectivity index (χ0) is 21.7. The fraction of sp³-hybridized carbons (Fsp3) is 0.217. The third-order valence-corrected chi connectivity index (χ3v) is 6.21. The van der Waals surface area contributed by atoms with Crippen LogP contribution in [0.5, 0.6) is 0 Å². The van der Waals surface area contributed by atoms with E-state index in [-0.39, 0.29) is 16.9 Å². The molecule has 31 heavy (non-hydrogen) atoms. The number of pyridine rings is 2. The molecule has 158 valence electrons. The lowest BCUT2D eigenvalue weighted by molar-refractivity contribution is 0.0318. The molecule has 5 rings (SSSR count). The van der Waals surface area contributed by atoms with E-state index in [1.54, 1.807) is 18.5 Å². The number of hydrogen-bond donors (Lipinski definition) is 3. The molecule has 0 aliphatic heterocycles. The molecule has 0 saturated heterocycles. The molecule has 1 aromatic carbocycles. The molecule has 4 N–H and O–H groups in total. The first-order valence-electron chi connectivity index (χ1n) is 9.94. The maximum Gasteiger partial charge on any atom is 0.142 e. The minimum Gasteiger partial charge on any atom is -0.388 e. The molecule has 3 atom stereocenters. The Labute approximate surface area is 182 Å². The maximum atomic E-state index is 14.5. The van der Waals surface area contributed by atoms with Gasteiger partial charge in [-0.15, -0.1) is 0 Å². The van der Waals surface area contributed by atoms with Gasteiger partial charge in [-0.05, 0) is 54.3 Å². The number of aliphatic hydroxyl groups excluding tert-OH is 2. The third-order valence-electron chi connectivity index (χ3n) is 5.91. The number of aromatic nitrogens is 3. The van der Waals surface area contributed by atoms with Crippen molar-refractivity contribution in [2.75, 3.05) is 5.73 Å².